The largest absolute Gasteiger partial charge is 0.398 e. The molecule has 0 aromatic heterocycles. The van der Waals surface area contributed by atoms with Crippen LogP contribution in [-0.4, -0.2) is 37.7 Å². The molecule has 1 heterocycles. The molecule has 0 spiro atoms. The molecule has 4 N–H and O–H groups in total. The van der Waals surface area contributed by atoms with E-state index in [2.05, 4.69) is 11.0 Å². The summed E-state index contributed by atoms with van der Waals surface area (Å²) in [6.45, 7) is 5.29. The summed E-state index contributed by atoms with van der Waals surface area (Å²) in [4.78, 5) is 2.41. The van der Waals surface area contributed by atoms with Gasteiger partial charge in [-0.1, -0.05) is 18.2 Å². The van der Waals surface area contributed by atoms with E-state index in [0.717, 1.165) is 50.5 Å². The van der Waals surface area contributed by atoms with E-state index in [1.807, 2.05) is 12.1 Å². The molecular formula is C13H21N3O. The van der Waals surface area contributed by atoms with Crippen LogP contribution in [-0.2, 0) is 17.7 Å². The number of nitrogens with zero attached hydrogens (tertiary/aromatic N) is 1. The fourth-order valence-electron chi connectivity index (χ4n) is 2.17. The van der Waals surface area contributed by atoms with Crippen LogP contribution in [0.1, 0.15) is 11.1 Å². The second-order valence-corrected chi connectivity index (χ2v) is 4.40. The van der Waals surface area contributed by atoms with Gasteiger partial charge in [-0.2, -0.15) is 0 Å². The first-order valence-electron chi connectivity index (χ1n) is 6.17. The van der Waals surface area contributed by atoms with Crippen LogP contribution >= 0.6 is 0 Å². The van der Waals surface area contributed by atoms with Crippen LogP contribution < -0.4 is 11.5 Å². The van der Waals surface area contributed by atoms with Gasteiger partial charge in [-0.05, 0) is 17.5 Å². The van der Waals surface area contributed by atoms with Gasteiger partial charge in [0.05, 0.1) is 13.2 Å². The van der Waals surface area contributed by atoms with Crippen LogP contribution in [0.25, 0.3) is 0 Å². The molecule has 2 rings (SSSR count). The van der Waals surface area contributed by atoms with Crippen molar-refractivity contribution in [1.82, 2.24) is 4.90 Å². The minimum atomic E-state index is 0.511. The Hall–Kier alpha value is -1.10. The minimum absolute atomic E-state index is 0.511. The molecule has 0 unspecified atom stereocenters. The Labute approximate surface area is 103 Å². The first-order chi connectivity index (χ1) is 8.31. The smallest absolute Gasteiger partial charge is 0.0594 e. The first kappa shape index (κ1) is 12.4. The van der Waals surface area contributed by atoms with E-state index < -0.39 is 0 Å². The Balaban J connectivity index is 1.93. The van der Waals surface area contributed by atoms with Gasteiger partial charge < -0.3 is 16.2 Å². The molecule has 0 radical (unpaired) electrons. The summed E-state index contributed by atoms with van der Waals surface area (Å²) in [7, 11) is 0. The highest BCUT2D eigenvalue weighted by atomic mass is 16.5. The van der Waals surface area contributed by atoms with Crippen LogP contribution in [0.3, 0.4) is 0 Å². The Morgan fingerprint density at radius 3 is 2.59 bits per heavy atom. The molecule has 1 aromatic carbocycles. The van der Waals surface area contributed by atoms with Gasteiger partial charge in [0.2, 0.25) is 0 Å². The zero-order chi connectivity index (χ0) is 12.1. The predicted octanol–water partition coefficient (Wildman–Crippen LogP) is 0.602. The quantitative estimate of drug-likeness (QED) is 0.750. The molecule has 1 aliphatic rings. The lowest BCUT2D eigenvalue weighted by Crippen LogP contribution is -2.37. The maximum atomic E-state index is 6.09. The van der Waals surface area contributed by atoms with Crippen molar-refractivity contribution in [2.75, 3.05) is 38.6 Å². The lowest BCUT2D eigenvalue weighted by atomic mass is 10.0. The van der Waals surface area contributed by atoms with Crippen LogP contribution in [0, 0.1) is 0 Å². The number of nitrogens with two attached hydrogens (primary N) is 2. The molecule has 0 bridgehead atoms. The number of morpholine rings is 1. The number of hydrogen-bond donors (Lipinski definition) is 2. The average molecular weight is 235 g/mol. The topological polar surface area (TPSA) is 64.5 Å². The summed E-state index contributed by atoms with van der Waals surface area (Å²) < 4.78 is 5.33. The van der Waals surface area contributed by atoms with Gasteiger partial charge in [-0.25, -0.2) is 0 Å². The van der Waals surface area contributed by atoms with E-state index in [4.69, 9.17) is 16.2 Å². The monoisotopic (exact) mass is 235 g/mol. The third-order valence-corrected chi connectivity index (χ3v) is 3.31. The van der Waals surface area contributed by atoms with Crippen molar-refractivity contribution in [2.24, 2.45) is 5.73 Å². The van der Waals surface area contributed by atoms with Crippen molar-refractivity contribution in [2.45, 2.75) is 13.0 Å². The summed E-state index contributed by atoms with van der Waals surface area (Å²) in [6.07, 6.45) is 0.986. The highest BCUT2D eigenvalue weighted by Gasteiger charge is 2.11. The first-order valence-corrected chi connectivity index (χ1v) is 6.17. The van der Waals surface area contributed by atoms with E-state index in [1.165, 1.54) is 5.56 Å². The van der Waals surface area contributed by atoms with Crippen molar-refractivity contribution in [1.29, 1.82) is 0 Å². The number of nitrogen functional groups attached to an aromatic ring is 1. The lowest BCUT2D eigenvalue weighted by molar-refractivity contribution is 0.0384. The molecule has 17 heavy (non-hydrogen) atoms. The second kappa shape index (κ2) is 6.00. The van der Waals surface area contributed by atoms with Crippen molar-refractivity contribution < 1.29 is 4.74 Å². The molecule has 1 saturated heterocycles. The van der Waals surface area contributed by atoms with Gasteiger partial charge in [0, 0.05) is 31.9 Å². The normalized spacial score (nSPS) is 17.2. The van der Waals surface area contributed by atoms with Crippen molar-refractivity contribution in [3.63, 3.8) is 0 Å². The van der Waals surface area contributed by atoms with Gasteiger partial charge >= 0.3 is 0 Å². The fraction of sp³-hybridized carbons (Fsp3) is 0.538. The Kier molecular flexibility index (Phi) is 4.36. The van der Waals surface area contributed by atoms with Crippen LogP contribution in [0.5, 0.6) is 0 Å². The van der Waals surface area contributed by atoms with E-state index in [9.17, 15) is 0 Å². The van der Waals surface area contributed by atoms with Gasteiger partial charge in [-0.15, -0.1) is 0 Å². The van der Waals surface area contributed by atoms with Crippen LogP contribution in [0.4, 0.5) is 5.69 Å². The molecule has 1 aliphatic heterocycles. The van der Waals surface area contributed by atoms with Gasteiger partial charge in [0.25, 0.3) is 0 Å². The molecule has 0 atom stereocenters. The van der Waals surface area contributed by atoms with Crippen LogP contribution in [0.15, 0.2) is 18.2 Å². The van der Waals surface area contributed by atoms with E-state index in [1.54, 1.807) is 0 Å². The zero-order valence-electron chi connectivity index (χ0n) is 10.2. The maximum Gasteiger partial charge on any atom is 0.0594 e. The summed E-state index contributed by atoms with van der Waals surface area (Å²) in [5.41, 5.74) is 14.9. The van der Waals surface area contributed by atoms with Crippen LogP contribution in [0.2, 0.25) is 0 Å². The molecule has 4 nitrogen and oxygen atoms in total. The van der Waals surface area contributed by atoms with Crippen molar-refractivity contribution in [3.8, 4) is 0 Å². The molecule has 0 saturated carbocycles. The molecule has 1 fully saturated rings. The summed E-state index contributed by atoms with van der Waals surface area (Å²) in [5, 5.41) is 0. The van der Waals surface area contributed by atoms with Crippen molar-refractivity contribution >= 4 is 5.69 Å². The number of para-hydroxylation sites is 1. The standard InChI is InChI=1S/C13H21N3O/c14-10-12-3-1-2-11(13(12)15)4-5-16-6-8-17-9-7-16/h1-3H,4-10,14-15H2. The lowest BCUT2D eigenvalue weighted by Gasteiger charge is -2.26. The number of anilines is 1. The zero-order valence-corrected chi connectivity index (χ0v) is 10.2. The Morgan fingerprint density at radius 1 is 1.18 bits per heavy atom. The third-order valence-electron chi connectivity index (χ3n) is 3.31. The number of rotatable bonds is 4. The SMILES string of the molecule is NCc1cccc(CCN2CCOCC2)c1N. The number of hydrogen-bond acceptors (Lipinski definition) is 4. The number of ether oxygens (including phenoxy) is 1. The summed E-state index contributed by atoms with van der Waals surface area (Å²) in [5.74, 6) is 0. The molecule has 4 heteroatoms. The molecule has 1 aromatic rings. The third kappa shape index (κ3) is 3.19. The summed E-state index contributed by atoms with van der Waals surface area (Å²) in [6, 6.07) is 6.12. The van der Waals surface area contributed by atoms with Gasteiger partial charge in [0.1, 0.15) is 0 Å². The second-order valence-electron chi connectivity index (χ2n) is 4.40. The van der Waals surface area contributed by atoms with Crippen molar-refractivity contribution in [3.05, 3.63) is 29.3 Å². The highest BCUT2D eigenvalue weighted by molar-refractivity contribution is 5.53. The highest BCUT2D eigenvalue weighted by Crippen LogP contribution is 2.18. The molecular weight excluding hydrogens is 214 g/mol. The summed E-state index contributed by atoms with van der Waals surface area (Å²) >= 11 is 0. The Morgan fingerprint density at radius 2 is 1.88 bits per heavy atom. The van der Waals surface area contributed by atoms with Gasteiger partial charge in [0.15, 0.2) is 0 Å². The molecule has 0 amide bonds. The molecule has 0 aliphatic carbocycles. The maximum absolute atomic E-state index is 6.09. The molecule has 94 valence electrons. The average Bonchev–Trinajstić information content (AvgIpc) is 2.39. The van der Waals surface area contributed by atoms with Gasteiger partial charge in [-0.3, -0.25) is 4.90 Å². The fourth-order valence-corrected chi connectivity index (χ4v) is 2.17. The minimum Gasteiger partial charge on any atom is -0.398 e. The number of benzene rings is 1. The van der Waals surface area contributed by atoms with E-state index in [0.29, 0.717) is 6.54 Å². The van der Waals surface area contributed by atoms with E-state index >= 15 is 0 Å². The Bertz CT molecular complexity index is 362. The predicted molar refractivity (Wildman–Crippen MR) is 69.7 cm³/mol. The van der Waals surface area contributed by atoms with E-state index in [-0.39, 0.29) is 0 Å².